The molecule has 3 aliphatic rings. The molecule has 0 bridgehead atoms. The van der Waals surface area contributed by atoms with Crippen molar-refractivity contribution in [2.24, 2.45) is 11.8 Å². The molecule has 0 spiro atoms. The van der Waals surface area contributed by atoms with Crippen molar-refractivity contribution in [2.75, 3.05) is 19.6 Å². The van der Waals surface area contributed by atoms with Crippen molar-refractivity contribution in [2.45, 2.75) is 63.4 Å². The van der Waals surface area contributed by atoms with Crippen molar-refractivity contribution in [3.63, 3.8) is 0 Å². The van der Waals surface area contributed by atoms with Gasteiger partial charge >= 0.3 is 0 Å². The smallest absolute Gasteiger partial charge is 0.136 e. The number of rotatable bonds is 3. The Morgan fingerprint density at radius 3 is 2.89 bits per heavy atom. The number of nitrogens with zero attached hydrogens (tertiary/aromatic N) is 1. The lowest BCUT2D eigenvalue weighted by Crippen LogP contribution is -2.53. The molecule has 3 atom stereocenters. The summed E-state index contributed by atoms with van der Waals surface area (Å²) >= 11 is 0. The Balaban J connectivity index is 1.49. The third-order valence-corrected chi connectivity index (χ3v) is 5.74. The van der Waals surface area contributed by atoms with E-state index in [0.29, 0.717) is 17.6 Å². The summed E-state index contributed by atoms with van der Waals surface area (Å²) in [7, 11) is 0. The molecule has 0 aromatic rings. The molecule has 1 aliphatic heterocycles. The number of piperidine rings is 1. The first kappa shape index (κ1) is 13.6. The van der Waals surface area contributed by atoms with Crippen LogP contribution in [0.25, 0.3) is 0 Å². The lowest BCUT2D eigenvalue weighted by atomic mass is 9.71. The number of aliphatic hydroxyl groups is 1. The Kier molecular flexibility index (Phi) is 3.95. The molecule has 1 heterocycles. The topological polar surface area (TPSA) is 40.5 Å². The summed E-state index contributed by atoms with van der Waals surface area (Å²) in [6, 6.07) is 0. The summed E-state index contributed by atoms with van der Waals surface area (Å²) in [6.07, 6.45) is 9.69. The van der Waals surface area contributed by atoms with Crippen LogP contribution in [0.4, 0.5) is 0 Å². The van der Waals surface area contributed by atoms with E-state index in [1.807, 2.05) is 0 Å². The zero-order valence-corrected chi connectivity index (χ0v) is 11.9. The molecule has 1 N–H and O–H groups in total. The van der Waals surface area contributed by atoms with E-state index in [4.69, 9.17) is 0 Å². The Labute approximate surface area is 116 Å². The summed E-state index contributed by atoms with van der Waals surface area (Å²) in [5, 5.41) is 10.6. The molecule has 3 fully saturated rings. The van der Waals surface area contributed by atoms with Gasteiger partial charge in [0, 0.05) is 31.3 Å². The number of hydrogen-bond acceptors (Lipinski definition) is 3. The molecule has 3 rings (SSSR count). The predicted octanol–water partition coefficient (Wildman–Crippen LogP) is 2.37. The van der Waals surface area contributed by atoms with E-state index in [1.54, 1.807) is 0 Å². The molecule has 3 unspecified atom stereocenters. The Morgan fingerprint density at radius 2 is 2.11 bits per heavy atom. The van der Waals surface area contributed by atoms with Gasteiger partial charge in [-0.25, -0.2) is 0 Å². The Bertz CT molecular complexity index is 344. The van der Waals surface area contributed by atoms with E-state index in [-0.39, 0.29) is 5.60 Å². The molecule has 108 valence electrons. The molecule has 1 saturated heterocycles. The van der Waals surface area contributed by atoms with Crippen LogP contribution < -0.4 is 0 Å². The van der Waals surface area contributed by atoms with Gasteiger partial charge in [0.25, 0.3) is 0 Å². The second-order valence-corrected chi connectivity index (χ2v) is 6.94. The van der Waals surface area contributed by atoms with Crippen molar-refractivity contribution in [1.29, 1.82) is 0 Å². The first-order chi connectivity index (χ1) is 9.17. The molecule has 3 heteroatoms. The minimum Gasteiger partial charge on any atom is -0.390 e. The number of likely N-dealkylation sites (tertiary alicyclic amines) is 1. The van der Waals surface area contributed by atoms with Gasteiger partial charge in [-0.2, -0.15) is 0 Å². The highest BCUT2D eigenvalue weighted by Gasteiger charge is 2.42. The molecular weight excluding hydrogens is 238 g/mol. The van der Waals surface area contributed by atoms with Gasteiger partial charge in [0.2, 0.25) is 0 Å². The number of Topliss-reactive ketones (excluding diaryl/α,β-unsaturated/α-hetero) is 1. The number of hydrogen-bond donors (Lipinski definition) is 1. The zero-order chi connectivity index (χ0) is 13.3. The maximum absolute atomic E-state index is 11.7. The minimum absolute atomic E-state index is 0.340. The lowest BCUT2D eigenvalue weighted by molar-refractivity contribution is -0.121. The predicted molar refractivity (Wildman–Crippen MR) is 74.9 cm³/mol. The fourth-order valence-corrected chi connectivity index (χ4v) is 4.37. The van der Waals surface area contributed by atoms with Gasteiger partial charge in [0.05, 0.1) is 5.60 Å². The monoisotopic (exact) mass is 265 g/mol. The summed E-state index contributed by atoms with van der Waals surface area (Å²) in [5.41, 5.74) is -0.363. The minimum atomic E-state index is -0.363. The highest BCUT2D eigenvalue weighted by molar-refractivity contribution is 5.82. The van der Waals surface area contributed by atoms with E-state index in [2.05, 4.69) is 4.90 Å². The van der Waals surface area contributed by atoms with Crippen molar-refractivity contribution in [1.82, 2.24) is 4.90 Å². The molecule has 0 amide bonds. The Hall–Kier alpha value is -0.410. The van der Waals surface area contributed by atoms with Crippen molar-refractivity contribution in [3.8, 4) is 0 Å². The lowest BCUT2D eigenvalue weighted by Gasteiger charge is -2.47. The Morgan fingerprint density at radius 1 is 1.21 bits per heavy atom. The maximum Gasteiger partial charge on any atom is 0.136 e. The van der Waals surface area contributed by atoms with Crippen LogP contribution in [0.2, 0.25) is 0 Å². The maximum atomic E-state index is 11.7. The quantitative estimate of drug-likeness (QED) is 0.851. The molecule has 19 heavy (non-hydrogen) atoms. The van der Waals surface area contributed by atoms with E-state index in [9.17, 15) is 9.90 Å². The summed E-state index contributed by atoms with van der Waals surface area (Å²) in [6.45, 7) is 3.13. The van der Waals surface area contributed by atoms with Crippen molar-refractivity contribution in [3.05, 3.63) is 0 Å². The van der Waals surface area contributed by atoms with Gasteiger partial charge < -0.3 is 10.0 Å². The van der Waals surface area contributed by atoms with Crippen LogP contribution in [0.3, 0.4) is 0 Å². The van der Waals surface area contributed by atoms with Crippen molar-refractivity contribution >= 4 is 5.78 Å². The molecule has 3 nitrogen and oxygen atoms in total. The molecule has 0 aromatic carbocycles. The van der Waals surface area contributed by atoms with Crippen LogP contribution >= 0.6 is 0 Å². The van der Waals surface area contributed by atoms with Crippen LogP contribution in [0, 0.1) is 11.8 Å². The second kappa shape index (κ2) is 5.53. The summed E-state index contributed by atoms with van der Waals surface area (Å²) in [4.78, 5) is 14.2. The number of carbonyl (C=O) groups excluding carboxylic acids is 1. The van der Waals surface area contributed by atoms with E-state index in [0.717, 1.165) is 58.2 Å². The third-order valence-electron chi connectivity index (χ3n) is 5.74. The largest absolute Gasteiger partial charge is 0.390 e. The van der Waals surface area contributed by atoms with Crippen molar-refractivity contribution < 1.29 is 9.90 Å². The summed E-state index contributed by atoms with van der Waals surface area (Å²) < 4.78 is 0. The van der Waals surface area contributed by atoms with E-state index >= 15 is 0 Å². The van der Waals surface area contributed by atoms with Gasteiger partial charge in [0.15, 0.2) is 0 Å². The highest BCUT2D eigenvalue weighted by Crippen LogP contribution is 2.40. The standard InChI is InChI=1S/C16H27NO2/c18-15-6-3-4-13(15)7-10-17-11-9-16(19)8-2-1-5-14(16)12-17/h13-14,19H,1-12H2. The van der Waals surface area contributed by atoms with Gasteiger partial charge in [-0.05, 0) is 45.1 Å². The van der Waals surface area contributed by atoms with E-state index < -0.39 is 0 Å². The van der Waals surface area contributed by atoms with Crippen LogP contribution in [-0.4, -0.2) is 41.0 Å². The van der Waals surface area contributed by atoms with Gasteiger partial charge in [-0.1, -0.05) is 12.8 Å². The highest BCUT2D eigenvalue weighted by atomic mass is 16.3. The van der Waals surface area contributed by atoms with Gasteiger partial charge in [0.1, 0.15) is 5.78 Å². The van der Waals surface area contributed by atoms with Crippen LogP contribution in [-0.2, 0) is 4.79 Å². The van der Waals surface area contributed by atoms with Gasteiger partial charge in [-0.3, -0.25) is 4.79 Å². The van der Waals surface area contributed by atoms with E-state index in [1.165, 1.54) is 19.3 Å². The molecule has 0 radical (unpaired) electrons. The molecule has 0 aromatic heterocycles. The first-order valence-corrected chi connectivity index (χ1v) is 8.15. The normalized spacial score (nSPS) is 40.4. The average molecular weight is 265 g/mol. The number of carbonyl (C=O) groups is 1. The fourth-order valence-electron chi connectivity index (χ4n) is 4.37. The first-order valence-electron chi connectivity index (χ1n) is 8.15. The molecular formula is C16H27NO2. The van der Waals surface area contributed by atoms with Crippen LogP contribution in [0.1, 0.15) is 57.8 Å². The van der Waals surface area contributed by atoms with Crippen LogP contribution in [0.15, 0.2) is 0 Å². The SMILES string of the molecule is O=C1CCCC1CCN1CCC2(O)CCCCC2C1. The average Bonchev–Trinajstić information content (AvgIpc) is 2.81. The second-order valence-electron chi connectivity index (χ2n) is 6.94. The third kappa shape index (κ3) is 2.87. The zero-order valence-electron chi connectivity index (χ0n) is 11.9. The van der Waals surface area contributed by atoms with Gasteiger partial charge in [-0.15, -0.1) is 0 Å². The number of fused-ring (bicyclic) bond motifs is 1. The number of ketones is 1. The summed E-state index contributed by atoms with van der Waals surface area (Å²) in [5.74, 6) is 1.31. The fraction of sp³-hybridized carbons (Fsp3) is 0.938. The van der Waals surface area contributed by atoms with Crippen LogP contribution in [0.5, 0.6) is 0 Å². The molecule has 2 aliphatic carbocycles. The molecule has 2 saturated carbocycles.